The van der Waals surface area contributed by atoms with Crippen LogP contribution in [-0.4, -0.2) is 30.5 Å². The van der Waals surface area contributed by atoms with Crippen molar-refractivity contribution in [1.82, 2.24) is 24.6 Å². The molecule has 3 heterocycles. The van der Waals surface area contributed by atoms with Crippen molar-refractivity contribution in [3.8, 4) is 11.4 Å². The lowest BCUT2D eigenvalue weighted by Gasteiger charge is -2.27. The summed E-state index contributed by atoms with van der Waals surface area (Å²) in [4.78, 5) is 6.55. The molecule has 7 heteroatoms. The smallest absolute Gasteiger partial charge is 0.193 e. The zero-order valence-electron chi connectivity index (χ0n) is 12.3. The molecular weight excluding hydrogens is 374 g/mol. The number of fused-ring (bicyclic) bond motifs is 1. The minimum atomic E-state index is 0.787. The number of hydrogen-bond acceptors (Lipinski definition) is 5. The van der Waals surface area contributed by atoms with Gasteiger partial charge in [-0.2, -0.15) is 0 Å². The molecule has 5 nitrogen and oxygen atoms in total. The summed E-state index contributed by atoms with van der Waals surface area (Å²) in [5.74, 6) is 1.82. The first-order valence-corrected chi connectivity index (χ1v) is 9.01. The Balaban J connectivity index is 1.59. The van der Waals surface area contributed by atoms with Crippen LogP contribution < -0.4 is 0 Å². The molecule has 0 atom stereocenters. The van der Waals surface area contributed by atoms with E-state index in [4.69, 9.17) is 0 Å². The van der Waals surface area contributed by atoms with Gasteiger partial charge >= 0.3 is 0 Å². The van der Waals surface area contributed by atoms with Crippen LogP contribution in [0.5, 0.6) is 0 Å². The third kappa shape index (κ3) is 3.17. The van der Waals surface area contributed by atoms with Crippen molar-refractivity contribution >= 4 is 27.7 Å². The number of hydrogen-bond donors (Lipinski definition) is 0. The van der Waals surface area contributed by atoms with Gasteiger partial charge in [-0.1, -0.05) is 45.9 Å². The molecule has 1 aromatic carbocycles. The largest absolute Gasteiger partial charge is 0.288 e. The zero-order chi connectivity index (χ0) is 15.6. The molecule has 4 rings (SSSR count). The van der Waals surface area contributed by atoms with E-state index in [1.807, 2.05) is 24.4 Å². The molecule has 0 bridgehead atoms. The summed E-state index contributed by atoms with van der Waals surface area (Å²) in [7, 11) is 0. The topological polar surface area (TPSA) is 46.8 Å². The SMILES string of the molecule is Brc1ccc(-c2nnc3n2CN(Cc2cccnc2)CS3)cc1. The molecule has 3 aromatic rings. The van der Waals surface area contributed by atoms with Crippen molar-refractivity contribution < 1.29 is 0 Å². The van der Waals surface area contributed by atoms with Crippen molar-refractivity contribution in [2.75, 3.05) is 5.88 Å². The minimum Gasteiger partial charge on any atom is -0.288 e. The molecule has 2 aromatic heterocycles. The monoisotopic (exact) mass is 387 g/mol. The van der Waals surface area contributed by atoms with Gasteiger partial charge in [0.2, 0.25) is 0 Å². The van der Waals surface area contributed by atoms with E-state index in [0.717, 1.165) is 40.1 Å². The average molecular weight is 388 g/mol. The third-order valence-corrected chi connectivity index (χ3v) is 5.25. The molecule has 1 aliphatic heterocycles. The lowest BCUT2D eigenvalue weighted by molar-refractivity contribution is 0.231. The highest BCUT2D eigenvalue weighted by Crippen LogP contribution is 2.30. The van der Waals surface area contributed by atoms with E-state index in [-0.39, 0.29) is 0 Å². The van der Waals surface area contributed by atoms with Crippen molar-refractivity contribution in [3.63, 3.8) is 0 Å². The quantitative estimate of drug-likeness (QED) is 0.686. The Morgan fingerprint density at radius 1 is 1.13 bits per heavy atom. The summed E-state index contributed by atoms with van der Waals surface area (Å²) < 4.78 is 3.24. The normalized spacial score (nSPS) is 14.7. The van der Waals surface area contributed by atoms with Crippen molar-refractivity contribution in [1.29, 1.82) is 0 Å². The maximum atomic E-state index is 4.38. The summed E-state index contributed by atoms with van der Waals surface area (Å²) in [6, 6.07) is 12.3. The van der Waals surface area contributed by atoms with Gasteiger partial charge in [-0.15, -0.1) is 10.2 Å². The Kier molecular flexibility index (Phi) is 4.15. The fraction of sp³-hybridized carbons (Fsp3) is 0.188. The molecule has 0 saturated carbocycles. The summed E-state index contributed by atoms with van der Waals surface area (Å²) in [5, 5.41) is 9.68. The summed E-state index contributed by atoms with van der Waals surface area (Å²) in [5.41, 5.74) is 2.30. The van der Waals surface area contributed by atoms with Crippen molar-refractivity contribution in [2.24, 2.45) is 0 Å². The minimum absolute atomic E-state index is 0.787. The van der Waals surface area contributed by atoms with Gasteiger partial charge in [0.25, 0.3) is 0 Å². The predicted octanol–water partition coefficient (Wildman–Crippen LogP) is 3.63. The molecular formula is C16H14BrN5S. The van der Waals surface area contributed by atoms with Crippen molar-refractivity contribution in [2.45, 2.75) is 18.4 Å². The highest BCUT2D eigenvalue weighted by Gasteiger charge is 2.22. The molecule has 0 spiro atoms. The van der Waals surface area contributed by atoms with Gasteiger partial charge in [0.1, 0.15) is 0 Å². The second-order valence-electron chi connectivity index (χ2n) is 5.35. The number of thioether (sulfide) groups is 1. The zero-order valence-corrected chi connectivity index (χ0v) is 14.7. The molecule has 0 radical (unpaired) electrons. The number of halogens is 1. The molecule has 0 fully saturated rings. The van der Waals surface area contributed by atoms with Crippen LogP contribution in [0, 0.1) is 0 Å². The Hall–Kier alpha value is -1.70. The van der Waals surface area contributed by atoms with Crippen molar-refractivity contribution in [3.05, 3.63) is 58.8 Å². The second kappa shape index (κ2) is 6.43. The first-order chi connectivity index (χ1) is 11.3. The standard InChI is InChI=1S/C16H14BrN5S/c17-14-5-3-13(4-6-14)15-19-20-16-22(15)10-21(11-23-16)9-12-2-1-7-18-8-12/h1-8H,9-11H2. The molecule has 0 amide bonds. The molecule has 0 saturated heterocycles. The Bertz CT molecular complexity index is 803. The first kappa shape index (κ1) is 14.9. The predicted molar refractivity (Wildman–Crippen MR) is 93.7 cm³/mol. The number of aromatic nitrogens is 4. The summed E-state index contributed by atoms with van der Waals surface area (Å²) in [6.07, 6.45) is 3.72. The van der Waals surface area contributed by atoms with Crippen LogP contribution in [0.4, 0.5) is 0 Å². The van der Waals surface area contributed by atoms with Gasteiger partial charge in [0, 0.05) is 29.0 Å². The first-order valence-electron chi connectivity index (χ1n) is 7.23. The lowest BCUT2D eigenvalue weighted by atomic mass is 10.2. The Morgan fingerprint density at radius 3 is 2.78 bits per heavy atom. The van der Waals surface area contributed by atoms with Crippen LogP contribution in [0.25, 0.3) is 11.4 Å². The van der Waals surface area contributed by atoms with Crippen LogP contribution in [0.3, 0.4) is 0 Å². The van der Waals surface area contributed by atoms with Crippen LogP contribution >= 0.6 is 27.7 Å². The van der Waals surface area contributed by atoms with Gasteiger partial charge in [0.05, 0.1) is 12.5 Å². The van der Waals surface area contributed by atoms with Gasteiger partial charge in [-0.25, -0.2) is 0 Å². The maximum Gasteiger partial charge on any atom is 0.193 e. The summed E-state index contributed by atoms with van der Waals surface area (Å²) >= 11 is 5.19. The van der Waals surface area contributed by atoms with E-state index >= 15 is 0 Å². The highest BCUT2D eigenvalue weighted by molar-refractivity contribution is 9.10. The van der Waals surface area contributed by atoms with Crippen LogP contribution in [-0.2, 0) is 13.2 Å². The molecule has 0 unspecified atom stereocenters. The van der Waals surface area contributed by atoms with Crippen LogP contribution in [0.2, 0.25) is 0 Å². The van der Waals surface area contributed by atoms with Crippen LogP contribution in [0.15, 0.2) is 58.4 Å². The van der Waals surface area contributed by atoms with Gasteiger partial charge in [-0.05, 0) is 23.8 Å². The highest BCUT2D eigenvalue weighted by atomic mass is 79.9. The molecule has 0 aliphatic carbocycles. The van der Waals surface area contributed by atoms with E-state index < -0.39 is 0 Å². The lowest BCUT2D eigenvalue weighted by Crippen LogP contribution is -2.30. The number of nitrogens with zero attached hydrogens (tertiary/aromatic N) is 5. The van der Waals surface area contributed by atoms with Gasteiger partial charge in [-0.3, -0.25) is 14.5 Å². The van der Waals surface area contributed by atoms with E-state index in [0.29, 0.717) is 0 Å². The molecule has 23 heavy (non-hydrogen) atoms. The maximum absolute atomic E-state index is 4.38. The summed E-state index contributed by atoms with van der Waals surface area (Å²) in [6.45, 7) is 1.66. The second-order valence-corrected chi connectivity index (χ2v) is 7.17. The molecule has 0 N–H and O–H groups in total. The fourth-order valence-corrected chi connectivity index (χ4v) is 3.70. The van der Waals surface area contributed by atoms with E-state index in [2.05, 4.69) is 58.8 Å². The molecule has 116 valence electrons. The van der Waals surface area contributed by atoms with E-state index in [1.165, 1.54) is 5.56 Å². The number of rotatable bonds is 3. The van der Waals surface area contributed by atoms with Gasteiger partial charge < -0.3 is 0 Å². The average Bonchev–Trinajstić information content (AvgIpc) is 3.00. The Labute approximate surface area is 146 Å². The van der Waals surface area contributed by atoms with Gasteiger partial charge in [0.15, 0.2) is 11.0 Å². The van der Waals surface area contributed by atoms with Crippen LogP contribution in [0.1, 0.15) is 5.56 Å². The fourth-order valence-electron chi connectivity index (χ4n) is 2.57. The Morgan fingerprint density at radius 2 is 2.00 bits per heavy atom. The van der Waals surface area contributed by atoms with E-state index in [9.17, 15) is 0 Å². The number of benzene rings is 1. The molecule has 1 aliphatic rings. The van der Waals surface area contributed by atoms with E-state index in [1.54, 1.807) is 18.0 Å². The third-order valence-electron chi connectivity index (χ3n) is 3.67. The number of pyridine rings is 1.